The maximum atomic E-state index is 11.4. The van der Waals surface area contributed by atoms with Gasteiger partial charge >= 0.3 is 0 Å². The Hall–Kier alpha value is -0.0900. The fourth-order valence-electron chi connectivity index (χ4n) is 1.83. The summed E-state index contributed by atoms with van der Waals surface area (Å²) in [7, 11) is -2.84. The first-order chi connectivity index (χ1) is 6.77. The number of hydrogen-bond donors (Lipinski definition) is 1. The summed E-state index contributed by atoms with van der Waals surface area (Å²) >= 11 is 0. The zero-order valence-corrected chi connectivity index (χ0v) is 11.0. The molecule has 1 saturated carbocycles. The van der Waals surface area contributed by atoms with Gasteiger partial charge in [0.1, 0.15) is 0 Å². The Bertz CT molecular complexity index is 309. The van der Waals surface area contributed by atoms with Crippen LogP contribution in [-0.4, -0.2) is 32.5 Å². The Morgan fingerprint density at radius 2 is 2.00 bits per heavy atom. The smallest absolute Gasteiger partial charge is 0.151 e. The third kappa shape index (κ3) is 4.11. The fraction of sp³-hybridized carbons (Fsp3) is 1.00. The zero-order valence-electron chi connectivity index (χ0n) is 10.2. The normalized spacial score (nSPS) is 26.3. The highest BCUT2D eigenvalue weighted by Crippen LogP contribution is 2.50. The molecule has 0 aromatic carbocycles. The summed E-state index contributed by atoms with van der Waals surface area (Å²) in [5.41, 5.74) is 0.469. The number of hydrogen-bond acceptors (Lipinski definition) is 3. The van der Waals surface area contributed by atoms with Crippen LogP contribution in [0.15, 0.2) is 0 Å². The van der Waals surface area contributed by atoms with Gasteiger partial charge in [-0.2, -0.15) is 0 Å². The van der Waals surface area contributed by atoms with Crippen molar-refractivity contribution in [3.8, 4) is 0 Å². The summed E-state index contributed by atoms with van der Waals surface area (Å²) in [5.74, 6) is 1.23. The van der Waals surface area contributed by atoms with E-state index in [1.165, 1.54) is 6.42 Å². The molecule has 0 radical (unpaired) electrons. The lowest BCUT2D eigenvalue weighted by atomic mass is 10.1. The van der Waals surface area contributed by atoms with Gasteiger partial charge in [-0.05, 0) is 31.2 Å². The summed E-state index contributed by atoms with van der Waals surface area (Å²) in [6.07, 6.45) is 1.26. The zero-order chi connectivity index (χ0) is 11.7. The van der Waals surface area contributed by atoms with Crippen LogP contribution in [0.2, 0.25) is 0 Å². The Balaban J connectivity index is 2.23. The van der Waals surface area contributed by atoms with Crippen LogP contribution in [-0.2, 0) is 9.84 Å². The van der Waals surface area contributed by atoms with Gasteiger partial charge in [-0.25, -0.2) is 8.42 Å². The van der Waals surface area contributed by atoms with E-state index in [-0.39, 0.29) is 17.5 Å². The maximum absolute atomic E-state index is 11.4. The number of nitrogens with one attached hydrogen (secondary N) is 1. The average molecular weight is 233 g/mol. The van der Waals surface area contributed by atoms with Crippen LogP contribution in [0, 0.1) is 11.3 Å². The van der Waals surface area contributed by atoms with E-state index in [1.54, 1.807) is 6.92 Å². The maximum Gasteiger partial charge on any atom is 0.151 e. The predicted molar refractivity (Wildman–Crippen MR) is 63.7 cm³/mol. The fourth-order valence-corrected chi connectivity index (χ4v) is 2.94. The van der Waals surface area contributed by atoms with E-state index in [2.05, 4.69) is 19.2 Å². The van der Waals surface area contributed by atoms with E-state index in [4.69, 9.17) is 0 Å². The van der Waals surface area contributed by atoms with Crippen molar-refractivity contribution in [1.82, 2.24) is 5.32 Å². The van der Waals surface area contributed by atoms with Crippen molar-refractivity contribution >= 4 is 9.84 Å². The lowest BCUT2D eigenvalue weighted by Crippen LogP contribution is -2.35. The second-order valence-corrected chi connectivity index (χ2v) is 7.80. The van der Waals surface area contributed by atoms with E-state index in [0.717, 1.165) is 12.5 Å². The van der Waals surface area contributed by atoms with Gasteiger partial charge in [0.25, 0.3) is 0 Å². The van der Waals surface area contributed by atoms with Crippen molar-refractivity contribution in [2.24, 2.45) is 11.3 Å². The lowest BCUT2D eigenvalue weighted by Gasteiger charge is -2.14. The molecule has 0 aliphatic heterocycles. The van der Waals surface area contributed by atoms with E-state index in [0.29, 0.717) is 5.41 Å². The molecule has 0 saturated heterocycles. The first-order valence-electron chi connectivity index (χ1n) is 5.70. The first kappa shape index (κ1) is 13.0. The largest absolute Gasteiger partial charge is 0.313 e. The molecular formula is C11H23NO2S. The van der Waals surface area contributed by atoms with Gasteiger partial charge in [-0.3, -0.25) is 0 Å². The van der Waals surface area contributed by atoms with E-state index >= 15 is 0 Å². The molecule has 0 amide bonds. The summed E-state index contributed by atoms with van der Waals surface area (Å²) in [4.78, 5) is 0. The van der Waals surface area contributed by atoms with Crippen molar-refractivity contribution in [2.45, 2.75) is 40.2 Å². The van der Waals surface area contributed by atoms with Gasteiger partial charge < -0.3 is 5.32 Å². The Kier molecular flexibility index (Phi) is 3.82. The van der Waals surface area contributed by atoms with Crippen molar-refractivity contribution in [2.75, 3.05) is 18.1 Å². The second kappa shape index (κ2) is 4.42. The molecule has 15 heavy (non-hydrogen) atoms. The summed E-state index contributed by atoms with van der Waals surface area (Å²) in [6, 6.07) is 0.0753. The molecule has 0 aromatic heterocycles. The highest BCUT2D eigenvalue weighted by molar-refractivity contribution is 7.91. The van der Waals surface area contributed by atoms with Crippen LogP contribution in [0.25, 0.3) is 0 Å². The van der Waals surface area contributed by atoms with E-state index < -0.39 is 9.84 Å². The summed E-state index contributed by atoms with van der Waals surface area (Å²) in [5, 5.41) is 3.31. The van der Waals surface area contributed by atoms with E-state index in [9.17, 15) is 8.42 Å². The predicted octanol–water partition coefficient (Wildman–Crippen LogP) is 1.45. The van der Waals surface area contributed by atoms with Crippen LogP contribution in [0.3, 0.4) is 0 Å². The van der Waals surface area contributed by atoms with Crippen LogP contribution >= 0.6 is 0 Å². The van der Waals surface area contributed by atoms with Gasteiger partial charge in [0.15, 0.2) is 9.84 Å². The molecule has 1 rings (SSSR count). The van der Waals surface area contributed by atoms with Crippen LogP contribution in [0.1, 0.15) is 34.1 Å². The monoisotopic (exact) mass is 233 g/mol. The standard InChI is InChI=1S/C11H23NO2S/c1-5-15(13,14)8-9(2)12-7-10-6-11(10,3)4/h9-10,12H,5-8H2,1-4H3. The topological polar surface area (TPSA) is 46.2 Å². The molecule has 2 unspecified atom stereocenters. The SMILES string of the molecule is CCS(=O)(=O)CC(C)NCC1CC1(C)C. The molecule has 1 aliphatic rings. The average Bonchev–Trinajstić information content (AvgIpc) is 2.70. The quantitative estimate of drug-likeness (QED) is 0.755. The second-order valence-electron chi connectivity index (χ2n) is 5.40. The van der Waals surface area contributed by atoms with Crippen molar-refractivity contribution < 1.29 is 8.42 Å². The Labute approximate surface area is 93.6 Å². The van der Waals surface area contributed by atoms with Crippen molar-refractivity contribution in [3.05, 3.63) is 0 Å². The third-order valence-electron chi connectivity index (χ3n) is 3.37. The van der Waals surface area contributed by atoms with Crippen molar-refractivity contribution in [3.63, 3.8) is 0 Å². The highest BCUT2D eigenvalue weighted by Gasteiger charge is 2.44. The third-order valence-corrected chi connectivity index (χ3v) is 5.26. The molecular weight excluding hydrogens is 210 g/mol. The molecule has 4 heteroatoms. The molecule has 1 N–H and O–H groups in total. The van der Waals surface area contributed by atoms with Gasteiger partial charge in [-0.1, -0.05) is 20.8 Å². The number of sulfone groups is 1. The van der Waals surface area contributed by atoms with Gasteiger partial charge in [0.2, 0.25) is 0 Å². The molecule has 1 aliphatic carbocycles. The minimum Gasteiger partial charge on any atom is -0.313 e. The molecule has 0 spiro atoms. The van der Waals surface area contributed by atoms with Crippen LogP contribution < -0.4 is 5.32 Å². The number of rotatable bonds is 6. The highest BCUT2D eigenvalue weighted by atomic mass is 32.2. The van der Waals surface area contributed by atoms with Gasteiger partial charge in [-0.15, -0.1) is 0 Å². The summed E-state index contributed by atoms with van der Waals surface area (Å²) in [6.45, 7) is 9.11. The molecule has 3 nitrogen and oxygen atoms in total. The molecule has 2 atom stereocenters. The first-order valence-corrected chi connectivity index (χ1v) is 7.53. The van der Waals surface area contributed by atoms with E-state index in [1.807, 2.05) is 6.92 Å². The lowest BCUT2D eigenvalue weighted by molar-refractivity contribution is 0.489. The molecule has 1 fully saturated rings. The van der Waals surface area contributed by atoms with Gasteiger partial charge in [0.05, 0.1) is 5.75 Å². The minimum atomic E-state index is -2.84. The Morgan fingerprint density at radius 3 is 2.40 bits per heavy atom. The molecule has 0 bridgehead atoms. The van der Waals surface area contributed by atoms with Gasteiger partial charge in [0, 0.05) is 11.8 Å². The van der Waals surface area contributed by atoms with Crippen molar-refractivity contribution in [1.29, 1.82) is 0 Å². The summed E-state index contributed by atoms with van der Waals surface area (Å²) < 4.78 is 22.7. The van der Waals surface area contributed by atoms with Crippen LogP contribution in [0.5, 0.6) is 0 Å². The van der Waals surface area contributed by atoms with Crippen LogP contribution in [0.4, 0.5) is 0 Å². The molecule has 0 heterocycles. The molecule has 0 aromatic rings. The minimum absolute atomic E-state index is 0.0753. The molecule has 90 valence electrons. The Morgan fingerprint density at radius 1 is 1.47 bits per heavy atom.